The van der Waals surface area contributed by atoms with Crippen LogP contribution in [0.2, 0.25) is 0 Å². The first-order valence-corrected chi connectivity index (χ1v) is 7.63. The molecule has 3 N–H and O–H groups in total. The van der Waals surface area contributed by atoms with Crippen LogP contribution < -0.4 is 11.3 Å². The molecule has 2 heterocycles. The maximum atomic E-state index is 5.76. The van der Waals surface area contributed by atoms with E-state index in [4.69, 9.17) is 5.84 Å². The van der Waals surface area contributed by atoms with E-state index in [2.05, 4.69) is 36.3 Å². The first-order chi connectivity index (χ1) is 10.1. The molecule has 0 amide bonds. The van der Waals surface area contributed by atoms with Gasteiger partial charge >= 0.3 is 0 Å². The highest BCUT2D eigenvalue weighted by Crippen LogP contribution is 2.25. The van der Waals surface area contributed by atoms with Crippen molar-refractivity contribution in [3.05, 3.63) is 46.5 Å². The van der Waals surface area contributed by atoms with Gasteiger partial charge in [0.15, 0.2) is 0 Å². The second kappa shape index (κ2) is 7.65. The Hall–Kier alpha value is -1.28. The number of nitrogens with zero attached hydrogens (tertiary/aromatic N) is 4. The van der Waals surface area contributed by atoms with Crippen molar-refractivity contribution in [2.45, 2.75) is 19.0 Å². The maximum Gasteiger partial charge on any atom is 0.0713 e. The standard InChI is InChI=1S/C14H21BrN6/c1-20(2)7-8-21-14(12(15)10-18-21)13(19-16)9-11-5-3-4-6-17-11/h3-6,10,13,19H,7-9,16H2,1-2H3. The summed E-state index contributed by atoms with van der Waals surface area (Å²) in [5, 5.41) is 4.43. The van der Waals surface area contributed by atoms with Crippen molar-refractivity contribution in [3.8, 4) is 0 Å². The van der Waals surface area contributed by atoms with Gasteiger partial charge in [0.05, 0.1) is 29.0 Å². The summed E-state index contributed by atoms with van der Waals surface area (Å²) < 4.78 is 2.94. The molecule has 2 aromatic heterocycles. The molecule has 1 unspecified atom stereocenters. The minimum atomic E-state index is -0.0427. The van der Waals surface area contributed by atoms with Crippen molar-refractivity contribution in [2.24, 2.45) is 5.84 Å². The summed E-state index contributed by atoms with van der Waals surface area (Å²) >= 11 is 3.57. The number of hydrazine groups is 1. The zero-order valence-corrected chi connectivity index (χ0v) is 13.9. The van der Waals surface area contributed by atoms with Gasteiger partial charge in [-0.25, -0.2) is 0 Å². The number of hydrogen-bond donors (Lipinski definition) is 2. The normalized spacial score (nSPS) is 12.8. The van der Waals surface area contributed by atoms with Crippen molar-refractivity contribution in [1.82, 2.24) is 25.1 Å². The van der Waals surface area contributed by atoms with Crippen LogP contribution in [0.4, 0.5) is 0 Å². The Morgan fingerprint density at radius 3 is 2.86 bits per heavy atom. The monoisotopic (exact) mass is 352 g/mol. The van der Waals surface area contributed by atoms with Crippen molar-refractivity contribution < 1.29 is 0 Å². The van der Waals surface area contributed by atoms with E-state index in [-0.39, 0.29) is 6.04 Å². The topological polar surface area (TPSA) is 72.0 Å². The third-order valence-corrected chi connectivity index (χ3v) is 3.87. The van der Waals surface area contributed by atoms with E-state index in [1.807, 2.05) is 43.2 Å². The number of pyridine rings is 1. The summed E-state index contributed by atoms with van der Waals surface area (Å²) in [6.45, 7) is 1.73. The van der Waals surface area contributed by atoms with Gasteiger partial charge in [0, 0.05) is 24.9 Å². The van der Waals surface area contributed by atoms with Crippen molar-refractivity contribution in [1.29, 1.82) is 0 Å². The van der Waals surface area contributed by atoms with Crippen LogP contribution in [-0.4, -0.2) is 40.3 Å². The van der Waals surface area contributed by atoms with E-state index >= 15 is 0 Å². The Kier molecular flexibility index (Phi) is 5.86. The van der Waals surface area contributed by atoms with E-state index in [1.165, 1.54) is 0 Å². The summed E-state index contributed by atoms with van der Waals surface area (Å²) in [5.41, 5.74) is 4.92. The first kappa shape index (κ1) is 16.1. The van der Waals surface area contributed by atoms with E-state index < -0.39 is 0 Å². The predicted octanol–water partition coefficient (Wildman–Crippen LogP) is 1.35. The molecule has 0 saturated heterocycles. The zero-order chi connectivity index (χ0) is 15.2. The number of nitrogens with two attached hydrogens (primary N) is 1. The highest BCUT2D eigenvalue weighted by atomic mass is 79.9. The van der Waals surface area contributed by atoms with Gasteiger partial charge in [0.25, 0.3) is 0 Å². The Morgan fingerprint density at radius 1 is 1.43 bits per heavy atom. The molecule has 0 aliphatic carbocycles. The number of likely N-dealkylation sites (N-methyl/N-ethyl adjacent to an activating group) is 1. The van der Waals surface area contributed by atoms with Crippen LogP contribution in [0, 0.1) is 0 Å². The molecule has 0 spiro atoms. The van der Waals surface area contributed by atoms with Crippen LogP contribution in [0.5, 0.6) is 0 Å². The summed E-state index contributed by atoms with van der Waals surface area (Å²) in [6.07, 6.45) is 4.32. The molecule has 2 rings (SSSR count). The summed E-state index contributed by atoms with van der Waals surface area (Å²) in [4.78, 5) is 6.49. The highest BCUT2D eigenvalue weighted by molar-refractivity contribution is 9.10. The largest absolute Gasteiger partial charge is 0.308 e. The first-order valence-electron chi connectivity index (χ1n) is 6.83. The molecule has 114 valence electrons. The lowest BCUT2D eigenvalue weighted by molar-refractivity contribution is 0.361. The Labute approximate surface area is 133 Å². The zero-order valence-electron chi connectivity index (χ0n) is 12.3. The summed E-state index contributed by atoms with van der Waals surface area (Å²) in [7, 11) is 4.09. The third-order valence-electron chi connectivity index (χ3n) is 3.26. The van der Waals surface area contributed by atoms with Crippen LogP contribution >= 0.6 is 15.9 Å². The molecule has 7 heteroatoms. The van der Waals surface area contributed by atoms with E-state index in [1.54, 1.807) is 6.20 Å². The van der Waals surface area contributed by atoms with Gasteiger partial charge in [-0.05, 0) is 42.2 Å². The predicted molar refractivity (Wildman–Crippen MR) is 86.5 cm³/mol. The lowest BCUT2D eigenvalue weighted by Gasteiger charge is -2.19. The van der Waals surface area contributed by atoms with Crippen LogP contribution in [-0.2, 0) is 13.0 Å². The number of nitrogens with one attached hydrogen (secondary N) is 1. The summed E-state index contributed by atoms with van der Waals surface area (Å²) in [6, 6.07) is 5.84. The summed E-state index contributed by atoms with van der Waals surface area (Å²) in [5.74, 6) is 5.76. The van der Waals surface area contributed by atoms with Crippen LogP contribution in [0.1, 0.15) is 17.4 Å². The molecule has 0 radical (unpaired) electrons. The number of hydrogen-bond acceptors (Lipinski definition) is 5. The SMILES string of the molecule is CN(C)CCn1ncc(Br)c1C(Cc1ccccn1)NN. The van der Waals surface area contributed by atoms with Crippen molar-refractivity contribution >= 4 is 15.9 Å². The minimum Gasteiger partial charge on any atom is -0.308 e. The molecule has 2 aromatic rings. The van der Waals surface area contributed by atoms with Gasteiger partial charge in [0.1, 0.15) is 0 Å². The Bertz CT molecular complexity index is 554. The van der Waals surface area contributed by atoms with Crippen molar-refractivity contribution in [3.63, 3.8) is 0 Å². The van der Waals surface area contributed by atoms with E-state index in [0.717, 1.165) is 29.0 Å². The van der Waals surface area contributed by atoms with Gasteiger partial charge in [-0.15, -0.1) is 0 Å². The van der Waals surface area contributed by atoms with E-state index in [0.29, 0.717) is 6.42 Å². The second-order valence-electron chi connectivity index (χ2n) is 5.15. The molecule has 0 aromatic carbocycles. The highest BCUT2D eigenvalue weighted by Gasteiger charge is 2.20. The molecule has 0 saturated carbocycles. The molecule has 0 aliphatic heterocycles. The van der Waals surface area contributed by atoms with Gasteiger partial charge in [-0.2, -0.15) is 5.10 Å². The second-order valence-corrected chi connectivity index (χ2v) is 6.00. The van der Waals surface area contributed by atoms with Gasteiger partial charge in [-0.3, -0.25) is 20.9 Å². The molecule has 0 aliphatic rings. The number of aromatic nitrogens is 3. The third kappa shape index (κ3) is 4.34. The number of rotatable bonds is 7. The van der Waals surface area contributed by atoms with Crippen LogP contribution in [0.15, 0.2) is 35.1 Å². The van der Waals surface area contributed by atoms with Gasteiger partial charge < -0.3 is 4.90 Å². The van der Waals surface area contributed by atoms with Crippen molar-refractivity contribution in [2.75, 3.05) is 20.6 Å². The average molecular weight is 353 g/mol. The van der Waals surface area contributed by atoms with Crippen LogP contribution in [0.25, 0.3) is 0 Å². The minimum absolute atomic E-state index is 0.0427. The Balaban J connectivity index is 2.19. The molecular weight excluding hydrogens is 332 g/mol. The molecule has 21 heavy (non-hydrogen) atoms. The molecule has 6 nitrogen and oxygen atoms in total. The average Bonchev–Trinajstić information content (AvgIpc) is 2.85. The quantitative estimate of drug-likeness (QED) is 0.581. The number of halogens is 1. The molecule has 0 bridgehead atoms. The molecular formula is C14H21BrN6. The lowest BCUT2D eigenvalue weighted by Crippen LogP contribution is -2.32. The van der Waals surface area contributed by atoms with Gasteiger partial charge in [-0.1, -0.05) is 6.07 Å². The Morgan fingerprint density at radius 2 is 2.24 bits per heavy atom. The van der Waals surface area contributed by atoms with Crippen LogP contribution in [0.3, 0.4) is 0 Å². The van der Waals surface area contributed by atoms with Gasteiger partial charge in [0.2, 0.25) is 0 Å². The fourth-order valence-electron chi connectivity index (χ4n) is 2.15. The fourth-order valence-corrected chi connectivity index (χ4v) is 2.73. The lowest BCUT2D eigenvalue weighted by atomic mass is 10.1. The van der Waals surface area contributed by atoms with E-state index in [9.17, 15) is 0 Å². The molecule has 0 fully saturated rings. The fraction of sp³-hybridized carbons (Fsp3) is 0.429. The molecule has 1 atom stereocenters. The smallest absolute Gasteiger partial charge is 0.0713 e. The maximum absolute atomic E-state index is 5.76.